The Hall–Kier alpha value is -1.93. The van der Waals surface area contributed by atoms with Gasteiger partial charge < -0.3 is 4.74 Å². The fraction of sp³-hybridized carbons (Fsp3) is 0.519. The van der Waals surface area contributed by atoms with Gasteiger partial charge in [-0.3, -0.25) is 4.79 Å². The van der Waals surface area contributed by atoms with Gasteiger partial charge >= 0.3 is 0 Å². The van der Waals surface area contributed by atoms with E-state index in [0.717, 1.165) is 25.9 Å². The third kappa shape index (κ3) is 3.57. The van der Waals surface area contributed by atoms with Crippen molar-refractivity contribution in [1.29, 1.82) is 0 Å². The van der Waals surface area contributed by atoms with Gasteiger partial charge in [0.05, 0.1) is 6.61 Å². The highest BCUT2D eigenvalue weighted by Gasteiger charge is 2.63. The summed E-state index contributed by atoms with van der Waals surface area (Å²) in [6, 6.07) is 19.3. The van der Waals surface area contributed by atoms with Crippen LogP contribution in [-0.2, 0) is 16.0 Å². The summed E-state index contributed by atoms with van der Waals surface area (Å²) in [6.07, 6.45) is 3.86. The molecule has 4 rings (SSSR count). The molecule has 2 nitrogen and oxygen atoms in total. The molecule has 2 aromatic carbocycles. The first-order chi connectivity index (χ1) is 13.8. The summed E-state index contributed by atoms with van der Waals surface area (Å²) in [5, 5.41) is 0. The van der Waals surface area contributed by atoms with Crippen LogP contribution in [0, 0.1) is 22.7 Å². The van der Waals surface area contributed by atoms with Crippen LogP contribution in [0.2, 0.25) is 0 Å². The van der Waals surface area contributed by atoms with Crippen LogP contribution in [0.3, 0.4) is 0 Å². The molecule has 2 bridgehead atoms. The molecule has 2 aliphatic carbocycles. The minimum Gasteiger partial charge on any atom is -0.369 e. The summed E-state index contributed by atoms with van der Waals surface area (Å²) in [7, 11) is 0. The second-order valence-corrected chi connectivity index (χ2v) is 10.1. The van der Waals surface area contributed by atoms with Crippen LogP contribution >= 0.6 is 0 Å². The highest BCUT2D eigenvalue weighted by molar-refractivity contribution is 5.90. The van der Waals surface area contributed by atoms with Crippen molar-refractivity contribution in [3.8, 4) is 0 Å². The standard InChI is InChI=1S/C27H34O2/c1-19(2)18-29-25(21-8-6-5-7-9-21)22-12-10-20(11-13-22)17-27-15-14-23(16-24(27)28)26(27,3)4/h5-13,19,23,25H,14-18H2,1-4H3. The predicted octanol–water partition coefficient (Wildman–Crippen LogP) is 6.39. The SMILES string of the molecule is CC(C)COC(c1ccccc1)c1ccc(CC23CCC(CC2=O)C3(C)C)cc1. The van der Waals surface area contributed by atoms with E-state index in [1.165, 1.54) is 23.1 Å². The van der Waals surface area contributed by atoms with Crippen LogP contribution in [0.5, 0.6) is 0 Å². The largest absolute Gasteiger partial charge is 0.369 e. The maximum absolute atomic E-state index is 12.9. The lowest BCUT2D eigenvalue weighted by Gasteiger charge is -2.36. The molecule has 0 heterocycles. The van der Waals surface area contributed by atoms with Crippen LogP contribution in [0.15, 0.2) is 54.6 Å². The monoisotopic (exact) mass is 390 g/mol. The van der Waals surface area contributed by atoms with Crippen molar-refractivity contribution in [2.45, 2.75) is 59.5 Å². The molecule has 2 aromatic rings. The molecule has 29 heavy (non-hydrogen) atoms. The van der Waals surface area contributed by atoms with Crippen molar-refractivity contribution >= 4 is 5.78 Å². The molecular weight excluding hydrogens is 356 g/mol. The lowest BCUT2D eigenvalue weighted by molar-refractivity contribution is -0.129. The minimum absolute atomic E-state index is 0.0498. The quantitative estimate of drug-likeness (QED) is 0.548. The number of hydrogen-bond acceptors (Lipinski definition) is 2. The molecule has 154 valence electrons. The zero-order valence-electron chi connectivity index (χ0n) is 18.3. The normalized spacial score (nSPS) is 26.2. The van der Waals surface area contributed by atoms with Gasteiger partial charge in [0.15, 0.2) is 0 Å². The molecule has 0 aromatic heterocycles. The van der Waals surface area contributed by atoms with E-state index < -0.39 is 0 Å². The molecule has 0 N–H and O–H groups in total. The summed E-state index contributed by atoms with van der Waals surface area (Å²) in [4.78, 5) is 12.9. The van der Waals surface area contributed by atoms with Gasteiger partial charge in [-0.1, -0.05) is 82.3 Å². The number of ether oxygens (including phenoxy) is 1. The Balaban J connectivity index is 1.57. The van der Waals surface area contributed by atoms with Crippen LogP contribution in [0.25, 0.3) is 0 Å². The molecule has 2 heteroatoms. The smallest absolute Gasteiger partial charge is 0.140 e. The number of carbonyl (C=O) groups is 1. The van der Waals surface area contributed by atoms with Gasteiger partial charge in [-0.25, -0.2) is 0 Å². The Morgan fingerprint density at radius 2 is 1.66 bits per heavy atom. The lowest BCUT2D eigenvalue weighted by Crippen LogP contribution is -2.38. The number of Topliss-reactive ketones (excluding diaryl/α,β-unsaturated/α-hetero) is 1. The fourth-order valence-corrected chi connectivity index (χ4v) is 5.64. The first kappa shape index (κ1) is 20.3. The average Bonchev–Trinajstić information content (AvgIpc) is 3.04. The molecular formula is C27H34O2. The molecule has 0 amide bonds. The average molecular weight is 391 g/mol. The van der Waals surface area contributed by atoms with E-state index >= 15 is 0 Å². The lowest BCUT2D eigenvalue weighted by atomic mass is 9.65. The number of carbonyl (C=O) groups excluding carboxylic acids is 1. The topological polar surface area (TPSA) is 26.3 Å². The van der Waals surface area contributed by atoms with E-state index in [2.05, 4.69) is 76.2 Å². The molecule has 0 radical (unpaired) electrons. The molecule has 0 saturated heterocycles. The first-order valence-corrected chi connectivity index (χ1v) is 11.1. The van der Waals surface area contributed by atoms with Crippen molar-refractivity contribution in [3.05, 3.63) is 71.3 Å². The van der Waals surface area contributed by atoms with E-state index in [4.69, 9.17) is 4.74 Å². The third-order valence-corrected chi connectivity index (χ3v) is 7.63. The van der Waals surface area contributed by atoms with Crippen LogP contribution in [0.4, 0.5) is 0 Å². The van der Waals surface area contributed by atoms with Gasteiger partial charge in [0.2, 0.25) is 0 Å². The van der Waals surface area contributed by atoms with E-state index in [9.17, 15) is 4.79 Å². The highest BCUT2D eigenvalue weighted by atomic mass is 16.5. The maximum Gasteiger partial charge on any atom is 0.140 e. The van der Waals surface area contributed by atoms with E-state index in [1.807, 2.05) is 6.07 Å². The van der Waals surface area contributed by atoms with Gasteiger partial charge in [-0.15, -0.1) is 0 Å². The van der Waals surface area contributed by atoms with Crippen molar-refractivity contribution in [2.24, 2.45) is 22.7 Å². The van der Waals surface area contributed by atoms with Gasteiger partial charge in [0.1, 0.15) is 11.9 Å². The summed E-state index contributed by atoms with van der Waals surface area (Å²) < 4.78 is 6.29. The number of ketones is 1. The Morgan fingerprint density at radius 3 is 2.21 bits per heavy atom. The van der Waals surface area contributed by atoms with Crippen molar-refractivity contribution < 1.29 is 9.53 Å². The number of fused-ring (bicyclic) bond motifs is 2. The predicted molar refractivity (Wildman–Crippen MR) is 118 cm³/mol. The van der Waals surface area contributed by atoms with Gasteiger partial charge in [0, 0.05) is 11.8 Å². The van der Waals surface area contributed by atoms with Crippen molar-refractivity contribution in [1.82, 2.24) is 0 Å². The third-order valence-electron chi connectivity index (χ3n) is 7.63. The van der Waals surface area contributed by atoms with Gasteiger partial charge in [-0.2, -0.15) is 0 Å². The van der Waals surface area contributed by atoms with Crippen LogP contribution < -0.4 is 0 Å². The Bertz CT molecular complexity index is 850. The van der Waals surface area contributed by atoms with Crippen molar-refractivity contribution in [3.63, 3.8) is 0 Å². The number of rotatable bonds is 7. The highest BCUT2D eigenvalue weighted by Crippen LogP contribution is 2.65. The molecule has 0 spiro atoms. The summed E-state index contributed by atoms with van der Waals surface area (Å²) in [5.41, 5.74) is 3.60. The zero-order valence-corrected chi connectivity index (χ0v) is 18.3. The second kappa shape index (κ2) is 7.72. The van der Waals surface area contributed by atoms with E-state index in [-0.39, 0.29) is 16.9 Å². The Labute approximate surface area is 175 Å². The van der Waals surface area contributed by atoms with Gasteiger partial charge in [0.25, 0.3) is 0 Å². The van der Waals surface area contributed by atoms with E-state index in [1.54, 1.807) is 0 Å². The second-order valence-electron chi connectivity index (χ2n) is 10.1. The minimum atomic E-state index is -0.161. The molecule has 2 aliphatic rings. The van der Waals surface area contributed by atoms with Crippen LogP contribution in [0.1, 0.15) is 69.8 Å². The zero-order chi connectivity index (χ0) is 20.6. The molecule has 3 unspecified atom stereocenters. The molecule has 0 aliphatic heterocycles. The van der Waals surface area contributed by atoms with E-state index in [0.29, 0.717) is 17.6 Å². The maximum atomic E-state index is 12.9. The summed E-state index contributed by atoms with van der Waals surface area (Å²) in [6.45, 7) is 9.72. The fourth-order valence-electron chi connectivity index (χ4n) is 5.64. The summed E-state index contributed by atoms with van der Waals surface area (Å²) >= 11 is 0. The van der Waals surface area contributed by atoms with Crippen molar-refractivity contribution in [2.75, 3.05) is 6.61 Å². The number of hydrogen-bond donors (Lipinski definition) is 0. The van der Waals surface area contributed by atoms with Gasteiger partial charge in [-0.05, 0) is 53.2 Å². The van der Waals surface area contributed by atoms with Crippen LogP contribution in [-0.4, -0.2) is 12.4 Å². The molecule has 3 atom stereocenters. The first-order valence-electron chi connectivity index (χ1n) is 11.1. The molecule has 2 fully saturated rings. The summed E-state index contributed by atoms with van der Waals surface area (Å²) in [5.74, 6) is 1.55. The Morgan fingerprint density at radius 1 is 1.00 bits per heavy atom. The molecule has 2 saturated carbocycles. The number of benzene rings is 2. The Kier molecular flexibility index (Phi) is 5.42.